The van der Waals surface area contributed by atoms with Gasteiger partial charge in [0.1, 0.15) is 5.82 Å². The van der Waals surface area contributed by atoms with Crippen LogP contribution in [0.25, 0.3) is 0 Å². The van der Waals surface area contributed by atoms with Gasteiger partial charge in [-0.05, 0) is 74.5 Å². The summed E-state index contributed by atoms with van der Waals surface area (Å²) in [5.74, 6) is 0.923. The molecule has 7 heteroatoms. The van der Waals surface area contributed by atoms with E-state index in [1.54, 1.807) is 0 Å². The van der Waals surface area contributed by atoms with Gasteiger partial charge in [-0.15, -0.1) is 0 Å². The maximum atomic E-state index is 13.2. The minimum atomic E-state index is -4.68. The smallest absolute Gasteiger partial charge is 0.351 e. The Bertz CT molecular complexity index is 663. The molecule has 4 fully saturated rings. The summed E-state index contributed by atoms with van der Waals surface area (Å²) in [7, 11) is 0. The minimum absolute atomic E-state index is 0.140. The number of nitrogens with one attached hydrogen (secondary N) is 3. The van der Waals surface area contributed by atoms with Crippen molar-refractivity contribution in [3.8, 4) is 0 Å². The number of benzene rings is 1. The molecule has 1 aromatic rings. The van der Waals surface area contributed by atoms with Crippen LogP contribution in [0.5, 0.6) is 0 Å². The molecule has 136 valence electrons. The fourth-order valence-electron chi connectivity index (χ4n) is 5.55. The van der Waals surface area contributed by atoms with E-state index in [-0.39, 0.29) is 17.2 Å². The summed E-state index contributed by atoms with van der Waals surface area (Å²) in [5, 5.41) is 13.8. The first kappa shape index (κ1) is 16.7. The average Bonchev–Trinajstić information content (AvgIpc) is 2.46. The summed E-state index contributed by atoms with van der Waals surface area (Å²) < 4.78 is 52.5. The molecule has 25 heavy (non-hydrogen) atoms. The summed E-state index contributed by atoms with van der Waals surface area (Å²) in [6, 6.07) is 2.46. The van der Waals surface area contributed by atoms with Gasteiger partial charge in [0, 0.05) is 5.54 Å². The van der Waals surface area contributed by atoms with Gasteiger partial charge in [0.15, 0.2) is 5.96 Å². The van der Waals surface area contributed by atoms with E-state index in [0.717, 1.165) is 31.4 Å². The topological polar surface area (TPSA) is 47.9 Å². The lowest BCUT2D eigenvalue weighted by Crippen LogP contribution is -2.60. The SMILES string of the molecule is N=C(Nc1ccc(F)cc1C(F)(F)F)NC12CC3CC(CC(C3)C1)C2. The van der Waals surface area contributed by atoms with Crippen LogP contribution >= 0.6 is 0 Å². The maximum Gasteiger partial charge on any atom is 0.418 e. The van der Waals surface area contributed by atoms with Gasteiger partial charge in [0.05, 0.1) is 11.3 Å². The number of anilines is 1. The van der Waals surface area contributed by atoms with E-state index < -0.39 is 17.6 Å². The maximum absolute atomic E-state index is 13.2. The van der Waals surface area contributed by atoms with Gasteiger partial charge in [0.2, 0.25) is 0 Å². The van der Waals surface area contributed by atoms with Gasteiger partial charge in [-0.3, -0.25) is 5.41 Å². The van der Waals surface area contributed by atoms with Gasteiger partial charge < -0.3 is 10.6 Å². The van der Waals surface area contributed by atoms with Crippen molar-refractivity contribution >= 4 is 11.6 Å². The monoisotopic (exact) mass is 355 g/mol. The van der Waals surface area contributed by atoms with E-state index in [1.165, 1.54) is 19.3 Å². The Hall–Kier alpha value is -1.79. The molecule has 4 saturated carbocycles. The molecule has 4 bridgehead atoms. The summed E-state index contributed by atoms with van der Waals surface area (Å²) in [6.07, 6.45) is 2.02. The van der Waals surface area contributed by atoms with Crippen molar-refractivity contribution in [2.75, 3.05) is 5.32 Å². The molecule has 3 N–H and O–H groups in total. The molecule has 0 heterocycles. The van der Waals surface area contributed by atoms with Crippen LogP contribution in [0.4, 0.5) is 23.2 Å². The highest BCUT2D eigenvalue weighted by atomic mass is 19.4. The van der Waals surface area contributed by atoms with Gasteiger partial charge in [0.25, 0.3) is 0 Å². The van der Waals surface area contributed by atoms with Crippen molar-refractivity contribution < 1.29 is 17.6 Å². The minimum Gasteiger partial charge on any atom is -0.351 e. The zero-order valence-electron chi connectivity index (χ0n) is 13.7. The molecule has 0 unspecified atom stereocenters. The first-order valence-electron chi connectivity index (χ1n) is 8.73. The molecule has 4 aliphatic carbocycles. The largest absolute Gasteiger partial charge is 0.418 e. The zero-order chi connectivity index (χ0) is 17.8. The second kappa shape index (κ2) is 5.61. The van der Waals surface area contributed by atoms with Crippen molar-refractivity contribution in [3.63, 3.8) is 0 Å². The highest BCUT2D eigenvalue weighted by Crippen LogP contribution is 2.55. The Morgan fingerprint density at radius 1 is 1.04 bits per heavy atom. The van der Waals surface area contributed by atoms with Crippen molar-refractivity contribution in [3.05, 3.63) is 29.6 Å². The lowest BCUT2D eigenvalue weighted by molar-refractivity contribution is -0.137. The Labute approximate surface area is 143 Å². The molecule has 0 amide bonds. The third kappa shape index (κ3) is 3.20. The van der Waals surface area contributed by atoms with Crippen LogP contribution < -0.4 is 10.6 Å². The van der Waals surface area contributed by atoms with E-state index in [1.807, 2.05) is 0 Å². The highest BCUT2D eigenvalue weighted by molar-refractivity contribution is 5.92. The average molecular weight is 355 g/mol. The molecule has 4 aliphatic rings. The number of rotatable bonds is 2. The zero-order valence-corrected chi connectivity index (χ0v) is 13.7. The molecule has 0 spiro atoms. The predicted octanol–water partition coefficient (Wildman–Crippen LogP) is 4.75. The number of alkyl halides is 3. The van der Waals surface area contributed by atoms with Crippen LogP contribution in [-0.4, -0.2) is 11.5 Å². The van der Waals surface area contributed by atoms with E-state index in [2.05, 4.69) is 10.6 Å². The fraction of sp³-hybridized carbons (Fsp3) is 0.611. The van der Waals surface area contributed by atoms with E-state index >= 15 is 0 Å². The molecule has 0 atom stereocenters. The number of hydrogen-bond donors (Lipinski definition) is 3. The first-order valence-corrected chi connectivity index (χ1v) is 8.73. The molecular weight excluding hydrogens is 334 g/mol. The summed E-state index contributed by atoms with van der Waals surface area (Å²) in [6.45, 7) is 0. The van der Waals surface area contributed by atoms with Crippen molar-refractivity contribution in [1.29, 1.82) is 5.41 Å². The third-order valence-electron chi connectivity index (χ3n) is 5.98. The second-order valence-electron chi connectivity index (χ2n) is 8.01. The lowest BCUT2D eigenvalue weighted by atomic mass is 9.53. The van der Waals surface area contributed by atoms with E-state index in [0.29, 0.717) is 23.8 Å². The fourth-order valence-corrected chi connectivity index (χ4v) is 5.55. The third-order valence-corrected chi connectivity index (χ3v) is 5.98. The van der Waals surface area contributed by atoms with Crippen LogP contribution in [0.15, 0.2) is 18.2 Å². The number of hydrogen-bond acceptors (Lipinski definition) is 1. The van der Waals surface area contributed by atoms with Gasteiger partial charge in [-0.2, -0.15) is 13.2 Å². The Kier molecular flexibility index (Phi) is 3.74. The van der Waals surface area contributed by atoms with Crippen LogP contribution in [0, 0.1) is 29.0 Å². The molecule has 3 nitrogen and oxygen atoms in total. The Balaban J connectivity index is 1.50. The van der Waals surface area contributed by atoms with Crippen molar-refractivity contribution in [1.82, 2.24) is 5.32 Å². The summed E-state index contributed by atoms with van der Waals surface area (Å²) in [4.78, 5) is 0. The van der Waals surface area contributed by atoms with Crippen LogP contribution in [0.2, 0.25) is 0 Å². The van der Waals surface area contributed by atoms with Crippen molar-refractivity contribution in [2.24, 2.45) is 17.8 Å². The van der Waals surface area contributed by atoms with Gasteiger partial charge >= 0.3 is 6.18 Å². The number of guanidine groups is 1. The Morgan fingerprint density at radius 2 is 1.60 bits per heavy atom. The molecule has 0 radical (unpaired) electrons. The highest BCUT2D eigenvalue weighted by Gasteiger charge is 2.51. The Morgan fingerprint density at radius 3 is 2.12 bits per heavy atom. The summed E-state index contributed by atoms with van der Waals surface area (Å²) in [5.41, 5.74) is -1.56. The quantitative estimate of drug-likeness (QED) is 0.407. The normalized spacial score (nSPS) is 33.4. The van der Waals surface area contributed by atoms with Crippen LogP contribution in [0.1, 0.15) is 44.1 Å². The molecule has 0 aromatic heterocycles. The molecule has 5 rings (SSSR count). The molecule has 0 saturated heterocycles. The van der Waals surface area contributed by atoms with Gasteiger partial charge in [-0.1, -0.05) is 0 Å². The van der Waals surface area contributed by atoms with Crippen molar-refractivity contribution in [2.45, 2.75) is 50.2 Å². The second-order valence-corrected chi connectivity index (χ2v) is 8.01. The number of halogens is 4. The lowest BCUT2D eigenvalue weighted by Gasteiger charge is -2.57. The predicted molar refractivity (Wildman–Crippen MR) is 86.8 cm³/mol. The standard InChI is InChI=1S/C18H21F4N3/c19-13-1-2-15(14(6-13)18(20,21)22)24-16(23)25-17-7-10-3-11(8-17)5-12(4-10)9-17/h1-2,6,10-12H,3-5,7-9H2,(H3,23,24,25). The molecule has 1 aromatic carbocycles. The van der Waals surface area contributed by atoms with Crippen LogP contribution in [-0.2, 0) is 6.18 Å². The van der Waals surface area contributed by atoms with E-state index in [4.69, 9.17) is 5.41 Å². The van der Waals surface area contributed by atoms with Gasteiger partial charge in [-0.25, -0.2) is 4.39 Å². The molecule has 0 aliphatic heterocycles. The van der Waals surface area contributed by atoms with E-state index in [9.17, 15) is 17.6 Å². The molecular formula is C18H21F4N3. The summed E-state index contributed by atoms with van der Waals surface area (Å²) >= 11 is 0. The first-order chi connectivity index (χ1) is 11.7. The van der Waals surface area contributed by atoms with Crippen LogP contribution in [0.3, 0.4) is 0 Å².